The Bertz CT molecular complexity index is 445. The molecule has 0 saturated heterocycles. The molecule has 1 aromatic carbocycles. The molecule has 0 bridgehead atoms. The van der Waals surface area contributed by atoms with Gasteiger partial charge in [-0.25, -0.2) is 0 Å². The first kappa shape index (κ1) is 15.3. The van der Waals surface area contributed by atoms with Gasteiger partial charge in [0.05, 0.1) is 5.60 Å². The molecule has 4 nitrogen and oxygen atoms in total. The Balaban J connectivity index is 1.99. The highest BCUT2D eigenvalue weighted by Gasteiger charge is 2.25. The number of aromatic hydroxyl groups is 1. The maximum absolute atomic E-state index is 10.3. The summed E-state index contributed by atoms with van der Waals surface area (Å²) in [5.74, 6) is 0.309. The summed E-state index contributed by atoms with van der Waals surface area (Å²) in [5, 5.41) is 23.4. The smallest absolute Gasteiger partial charge is 0.115 e. The van der Waals surface area contributed by atoms with E-state index in [-0.39, 0.29) is 6.04 Å². The molecule has 20 heavy (non-hydrogen) atoms. The van der Waals surface area contributed by atoms with Crippen LogP contribution in [-0.2, 0) is 11.2 Å². The SMILES string of the molecule is COCCC(C)(O)CNC1CCCc2ccc(O)cc21. The van der Waals surface area contributed by atoms with Gasteiger partial charge in [-0.1, -0.05) is 6.07 Å². The monoisotopic (exact) mass is 279 g/mol. The van der Waals surface area contributed by atoms with Crippen LogP contribution in [0.3, 0.4) is 0 Å². The quantitative estimate of drug-likeness (QED) is 0.746. The Kier molecular flexibility index (Phi) is 5.02. The van der Waals surface area contributed by atoms with Crippen molar-refractivity contribution in [3.63, 3.8) is 0 Å². The number of hydrogen-bond acceptors (Lipinski definition) is 4. The van der Waals surface area contributed by atoms with E-state index in [1.807, 2.05) is 19.1 Å². The van der Waals surface area contributed by atoms with E-state index in [0.717, 1.165) is 19.3 Å². The molecule has 2 unspecified atom stereocenters. The summed E-state index contributed by atoms with van der Waals surface area (Å²) >= 11 is 0. The summed E-state index contributed by atoms with van der Waals surface area (Å²) in [4.78, 5) is 0. The van der Waals surface area contributed by atoms with Gasteiger partial charge in [-0.15, -0.1) is 0 Å². The van der Waals surface area contributed by atoms with Crippen LogP contribution in [0.25, 0.3) is 0 Å². The van der Waals surface area contributed by atoms with Gasteiger partial charge in [-0.3, -0.25) is 0 Å². The topological polar surface area (TPSA) is 61.7 Å². The Morgan fingerprint density at radius 2 is 2.25 bits per heavy atom. The fraction of sp³-hybridized carbons (Fsp3) is 0.625. The average molecular weight is 279 g/mol. The van der Waals surface area contributed by atoms with Gasteiger partial charge in [0.15, 0.2) is 0 Å². The van der Waals surface area contributed by atoms with Crippen molar-refractivity contribution in [1.29, 1.82) is 0 Å². The van der Waals surface area contributed by atoms with Crippen LogP contribution >= 0.6 is 0 Å². The molecule has 2 atom stereocenters. The van der Waals surface area contributed by atoms with Gasteiger partial charge in [0.2, 0.25) is 0 Å². The standard InChI is InChI=1S/C16H25NO3/c1-16(19,8-9-20-2)11-17-15-5-3-4-12-6-7-13(18)10-14(12)15/h6-7,10,15,17-19H,3-5,8-9,11H2,1-2H3. The number of fused-ring (bicyclic) bond motifs is 1. The molecule has 1 aliphatic carbocycles. The minimum absolute atomic E-state index is 0.208. The predicted octanol–water partition coefficient (Wildman–Crippen LogP) is 2.15. The molecule has 3 N–H and O–H groups in total. The summed E-state index contributed by atoms with van der Waals surface area (Å²) in [6.45, 7) is 2.90. The van der Waals surface area contributed by atoms with Crippen LogP contribution in [0.1, 0.15) is 43.4 Å². The Hall–Kier alpha value is -1.10. The average Bonchev–Trinajstić information content (AvgIpc) is 2.43. The lowest BCUT2D eigenvalue weighted by molar-refractivity contribution is 0.0222. The molecule has 2 rings (SSSR count). The molecule has 0 saturated carbocycles. The summed E-state index contributed by atoms with van der Waals surface area (Å²) in [5.41, 5.74) is 1.69. The molecule has 0 heterocycles. The summed E-state index contributed by atoms with van der Waals surface area (Å²) in [7, 11) is 1.64. The van der Waals surface area contributed by atoms with Crippen LogP contribution < -0.4 is 5.32 Å². The number of aliphatic hydroxyl groups is 1. The summed E-state index contributed by atoms with van der Waals surface area (Å²) in [6, 6.07) is 5.80. The second-order valence-corrected chi connectivity index (χ2v) is 5.95. The third-order valence-corrected chi connectivity index (χ3v) is 4.02. The maximum Gasteiger partial charge on any atom is 0.115 e. The van der Waals surface area contributed by atoms with Crippen LogP contribution in [0.4, 0.5) is 0 Å². The lowest BCUT2D eigenvalue weighted by Gasteiger charge is -2.31. The third kappa shape index (κ3) is 3.95. The van der Waals surface area contributed by atoms with Crippen LogP contribution in [-0.4, -0.2) is 36.1 Å². The Labute approximate surface area is 120 Å². The molecule has 112 valence electrons. The maximum atomic E-state index is 10.3. The zero-order valence-corrected chi connectivity index (χ0v) is 12.4. The van der Waals surface area contributed by atoms with Crippen LogP contribution in [0, 0.1) is 0 Å². The molecular weight excluding hydrogens is 254 g/mol. The fourth-order valence-corrected chi connectivity index (χ4v) is 2.75. The number of methoxy groups -OCH3 is 1. The molecule has 0 fully saturated rings. The highest BCUT2D eigenvalue weighted by Crippen LogP contribution is 2.32. The van der Waals surface area contributed by atoms with Crippen molar-refractivity contribution in [1.82, 2.24) is 5.32 Å². The van der Waals surface area contributed by atoms with Crippen molar-refractivity contribution < 1.29 is 14.9 Å². The van der Waals surface area contributed by atoms with Crippen molar-refractivity contribution in [2.45, 2.75) is 44.2 Å². The number of ether oxygens (including phenoxy) is 1. The van der Waals surface area contributed by atoms with Crippen molar-refractivity contribution >= 4 is 0 Å². The van der Waals surface area contributed by atoms with E-state index < -0.39 is 5.60 Å². The van der Waals surface area contributed by atoms with E-state index in [2.05, 4.69) is 5.32 Å². The number of rotatable bonds is 6. The molecule has 1 aromatic rings. The molecule has 0 aromatic heterocycles. The highest BCUT2D eigenvalue weighted by atomic mass is 16.5. The minimum Gasteiger partial charge on any atom is -0.508 e. The fourth-order valence-electron chi connectivity index (χ4n) is 2.75. The highest BCUT2D eigenvalue weighted by molar-refractivity contribution is 5.38. The van der Waals surface area contributed by atoms with Gasteiger partial charge in [0.25, 0.3) is 0 Å². The first-order valence-corrected chi connectivity index (χ1v) is 7.28. The van der Waals surface area contributed by atoms with Gasteiger partial charge in [-0.05, 0) is 49.4 Å². The van der Waals surface area contributed by atoms with Crippen molar-refractivity contribution in [2.75, 3.05) is 20.3 Å². The molecule has 0 aliphatic heterocycles. The molecule has 0 amide bonds. The van der Waals surface area contributed by atoms with Gasteiger partial charge >= 0.3 is 0 Å². The van der Waals surface area contributed by atoms with Crippen molar-refractivity contribution in [3.05, 3.63) is 29.3 Å². The second kappa shape index (κ2) is 6.57. The number of phenolic OH excluding ortho intramolecular Hbond substituents is 1. The predicted molar refractivity (Wildman–Crippen MR) is 78.9 cm³/mol. The van der Waals surface area contributed by atoms with E-state index >= 15 is 0 Å². The Morgan fingerprint density at radius 3 is 3.00 bits per heavy atom. The van der Waals surface area contributed by atoms with Crippen LogP contribution in [0.15, 0.2) is 18.2 Å². The second-order valence-electron chi connectivity index (χ2n) is 5.95. The largest absolute Gasteiger partial charge is 0.508 e. The van der Waals surface area contributed by atoms with E-state index in [9.17, 15) is 10.2 Å². The van der Waals surface area contributed by atoms with E-state index in [4.69, 9.17) is 4.74 Å². The van der Waals surface area contributed by atoms with Crippen molar-refractivity contribution in [2.24, 2.45) is 0 Å². The summed E-state index contributed by atoms with van der Waals surface area (Å²) in [6.07, 6.45) is 3.84. The zero-order valence-electron chi connectivity index (χ0n) is 12.4. The number of nitrogens with one attached hydrogen (secondary N) is 1. The van der Waals surface area contributed by atoms with Gasteiger partial charge in [-0.2, -0.15) is 0 Å². The number of hydrogen-bond donors (Lipinski definition) is 3. The molecular formula is C16H25NO3. The number of aryl methyl sites for hydroxylation is 1. The zero-order chi connectivity index (χ0) is 14.6. The first-order chi connectivity index (χ1) is 9.52. The Morgan fingerprint density at radius 1 is 1.45 bits per heavy atom. The first-order valence-electron chi connectivity index (χ1n) is 7.28. The summed E-state index contributed by atoms with van der Waals surface area (Å²) < 4.78 is 5.02. The number of benzene rings is 1. The van der Waals surface area contributed by atoms with E-state index in [1.54, 1.807) is 13.2 Å². The minimum atomic E-state index is -0.773. The van der Waals surface area contributed by atoms with E-state index in [0.29, 0.717) is 25.3 Å². The van der Waals surface area contributed by atoms with Gasteiger partial charge in [0, 0.05) is 32.7 Å². The van der Waals surface area contributed by atoms with Crippen LogP contribution in [0.5, 0.6) is 5.75 Å². The lowest BCUT2D eigenvalue weighted by Crippen LogP contribution is -2.41. The lowest BCUT2D eigenvalue weighted by atomic mass is 9.87. The molecule has 0 radical (unpaired) electrons. The van der Waals surface area contributed by atoms with Crippen LogP contribution in [0.2, 0.25) is 0 Å². The molecule has 1 aliphatic rings. The number of phenols is 1. The van der Waals surface area contributed by atoms with Crippen molar-refractivity contribution in [3.8, 4) is 5.75 Å². The van der Waals surface area contributed by atoms with E-state index in [1.165, 1.54) is 11.1 Å². The molecule has 4 heteroatoms. The third-order valence-electron chi connectivity index (χ3n) is 4.02. The van der Waals surface area contributed by atoms with Gasteiger partial charge in [0.1, 0.15) is 5.75 Å². The van der Waals surface area contributed by atoms with Gasteiger partial charge < -0.3 is 20.3 Å². The molecule has 0 spiro atoms. The normalized spacial score (nSPS) is 21.2.